The summed E-state index contributed by atoms with van der Waals surface area (Å²) in [6.45, 7) is 0.275. The van der Waals surface area contributed by atoms with Gasteiger partial charge in [-0.15, -0.1) is 10.2 Å². The summed E-state index contributed by atoms with van der Waals surface area (Å²) in [6.07, 6.45) is -0.0148. The maximum Gasteiger partial charge on any atom is 0.276 e. The van der Waals surface area contributed by atoms with Crippen LogP contribution in [0, 0.1) is 5.82 Å². The van der Waals surface area contributed by atoms with E-state index in [0.29, 0.717) is 40.2 Å². The Morgan fingerprint density at radius 3 is 2.67 bits per heavy atom. The first-order valence-corrected chi connectivity index (χ1v) is 11.4. The molecular formula is C25H21FN2O4S. The van der Waals surface area contributed by atoms with Gasteiger partial charge in [-0.05, 0) is 29.8 Å². The van der Waals surface area contributed by atoms with Crippen LogP contribution in [0.1, 0.15) is 34.4 Å². The number of ether oxygens (including phenoxy) is 3. The van der Waals surface area contributed by atoms with Gasteiger partial charge in [0.1, 0.15) is 17.3 Å². The molecule has 4 aromatic rings. The highest BCUT2D eigenvalue weighted by Gasteiger charge is 2.25. The van der Waals surface area contributed by atoms with E-state index in [4.69, 9.17) is 18.6 Å². The van der Waals surface area contributed by atoms with E-state index in [9.17, 15) is 4.39 Å². The van der Waals surface area contributed by atoms with Gasteiger partial charge in [0.15, 0.2) is 0 Å². The normalized spacial score (nSPS) is 15.0. The third-order valence-corrected chi connectivity index (χ3v) is 6.08. The van der Waals surface area contributed by atoms with Gasteiger partial charge < -0.3 is 18.6 Å². The molecule has 2 heterocycles. The molecule has 0 N–H and O–H groups in total. The predicted molar refractivity (Wildman–Crippen MR) is 121 cm³/mol. The van der Waals surface area contributed by atoms with Crippen LogP contribution in [-0.4, -0.2) is 17.3 Å². The van der Waals surface area contributed by atoms with Gasteiger partial charge in [-0.3, -0.25) is 0 Å². The number of benzene rings is 3. The molecule has 0 saturated carbocycles. The average molecular weight is 465 g/mol. The first-order valence-electron chi connectivity index (χ1n) is 10.4. The van der Waals surface area contributed by atoms with E-state index in [-0.39, 0.29) is 12.4 Å². The lowest BCUT2D eigenvalue weighted by Crippen LogP contribution is -2.19. The molecule has 0 spiro atoms. The van der Waals surface area contributed by atoms with Gasteiger partial charge in [0.25, 0.3) is 5.22 Å². The van der Waals surface area contributed by atoms with E-state index < -0.39 is 6.29 Å². The SMILES string of the molecule is COc1ccc(Cc2nnc(SCc3cc(F)cc4c3O[C@@H](c3ccccc3)OC4)o2)cc1. The fraction of sp³-hybridized carbons (Fsp3) is 0.200. The molecule has 1 atom stereocenters. The summed E-state index contributed by atoms with van der Waals surface area (Å²) in [5, 5.41) is 8.67. The van der Waals surface area contributed by atoms with Crippen molar-refractivity contribution in [1.82, 2.24) is 10.2 Å². The van der Waals surface area contributed by atoms with Crippen LogP contribution in [-0.2, 0) is 23.5 Å². The number of methoxy groups -OCH3 is 1. The Morgan fingerprint density at radius 2 is 1.88 bits per heavy atom. The molecule has 33 heavy (non-hydrogen) atoms. The fourth-order valence-corrected chi connectivity index (χ4v) is 4.33. The Hall–Kier alpha value is -3.36. The summed E-state index contributed by atoms with van der Waals surface area (Å²) < 4.78 is 37.1. The van der Waals surface area contributed by atoms with Gasteiger partial charge in [-0.2, -0.15) is 0 Å². The molecule has 6 nitrogen and oxygen atoms in total. The number of halogens is 1. The van der Waals surface area contributed by atoms with E-state index in [2.05, 4.69) is 10.2 Å². The van der Waals surface area contributed by atoms with E-state index >= 15 is 0 Å². The number of rotatable bonds is 7. The van der Waals surface area contributed by atoms with Gasteiger partial charge in [0.05, 0.1) is 20.1 Å². The second-order valence-electron chi connectivity index (χ2n) is 7.50. The van der Waals surface area contributed by atoms with Crippen LogP contribution in [0.5, 0.6) is 11.5 Å². The third-order valence-electron chi connectivity index (χ3n) is 5.21. The lowest BCUT2D eigenvalue weighted by molar-refractivity contribution is -0.112. The summed E-state index contributed by atoms with van der Waals surface area (Å²) in [7, 11) is 1.63. The lowest BCUT2D eigenvalue weighted by Gasteiger charge is -2.28. The largest absolute Gasteiger partial charge is 0.497 e. The Kier molecular flexibility index (Phi) is 6.28. The Morgan fingerprint density at radius 1 is 1.06 bits per heavy atom. The highest BCUT2D eigenvalue weighted by molar-refractivity contribution is 7.98. The number of hydrogen-bond donors (Lipinski definition) is 0. The minimum Gasteiger partial charge on any atom is -0.497 e. The fourth-order valence-electron chi connectivity index (χ4n) is 3.58. The monoisotopic (exact) mass is 464 g/mol. The van der Waals surface area contributed by atoms with Crippen LogP contribution in [0.15, 0.2) is 76.4 Å². The molecule has 5 rings (SSSR count). The third kappa shape index (κ3) is 5.02. The Balaban J connectivity index is 1.28. The van der Waals surface area contributed by atoms with Crippen LogP contribution < -0.4 is 9.47 Å². The summed E-state index contributed by atoms with van der Waals surface area (Å²) in [6, 6.07) is 20.3. The van der Waals surface area contributed by atoms with Crippen molar-refractivity contribution in [2.75, 3.05) is 7.11 Å². The topological polar surface area (TPSA) is 66.6 Å². The zero-order valence-electron chi connectivity index (χ0n) is 17.9. The second-order valence-corrected chi connectivity index (χ2v) is 8.43. The quantitative estimate of drug-likeness (QED) is 0.325. The lowest BCUT2D eigenvalue weighted by atomic mass is 10.1. The van der Waals surface area contributed by atoms with Crippen molar-refractivity contribution < 1.29 is 23.0 Å². The second kappa shape index (κ2) is 9.64. The van der Waals surface area contributed by atoms with Gasteiger partial charge in [-0.1, -0.05) is 54.2 Å². The molecule has 0 aliphatic carbocycles. The van der Waals surface area contributed by atoms with Crippen molar-refractivity contribution in [2.45, 2.75) is 30.3 Å². The molecule has 0 amide bonds. The van der Waals surface area contributed by atoms with Crippen molar-refractivity contribution in [3.63, 3.8) is 0 Å². The predicted octanol–water partition coefficient (Wildman–Crippen LogP) is 5.71. The molecular weight excluding hydrogens is 443 g/mol. The summed E-state index contributed by atoms with van der Waals surface area (Å²) in [4.78, 5) is 0. The minimum absolute atomic E-state index is 0.275. The van der Waals surface area contributed by atoms with Crippen molar-refractivity contribution in [2.24, 2.45) is 0 Å². The standard InChI is InChI=1S/C25H21FN2O4S/c1-29-21-9-7-16(8-10-21)11-22-27-28-25(31-22)33-15-19-13-20(26)12-18-14-30-24(32-23(18)19)17-5-3-2-4-6-17/h2-10,12-13,24H,11,14-15H2,1H3/t24-/m0/s1. The maximum atomic E-state index is 14.2. The average Bonchev–Trinajstić information content (AvgIpc) is 3.30. The molecule has 1 aliphatic rings. The van der Waals surface area contributed by atoms with Crippen LogP contribution in [0.4, 0.5) is 4.39 Å². The Bertz CT molecular complexity index is 1230. The van der Waals surface area contributed by atoms with Gasteiger partial charge in [0, 0.05) is 22.4 Å². The van der Waals surface area contributed by atoms with E-state index in [0.717, 1.165) is 16.9 Å². The highest BCUT2D eigenvalue weighted by Crippen LogP contribution is 2.38. The zero-order chi connectivity index (χ0) is 22.6. The van der Waals surface area contributed by atoms with Crippen LogP contribution in [0.2, 0.25) is 0 Å². The summed E-state index contributed by atoms with van der Waals surface area (Å²) in [5.74, 6) is 2.03. The van der Waals surface area contributed by atoms with Gasteiger partial charge in [0.2, 0.25) is 12.2 Å². The maximum absolute atomic E-state index is 14.2. The van der Waals surface area contributed by atoms with E-state index in [1.165, 1.54) is 23.9 Å². The summed E-state index contributed by atoms with van der Waals surface area (Å²) in [5.41, 5.74) is 3.35. The minimum atomic E-state index is -0.535. The highest BCUT2D eigenvalue weighted by atomic mass is 32.2. The Labute approximate surface area is 194 Å². The molecule has 0 bridgehead atoms. The molecule has 1 aromatic heterocycles. The van der Waals surface area contributed by atoms with Crippen molar-refractivity contribution in [3.05, 3.63) is 101 Å². The number of nitrogens with zero attached hydrogens (tertiary/aromatic N) is 2. The number of aromatic nitrogens is 2. The van der Waals surface area contributed by atoms with Crippen LogP contribution in [0.25, 0.3) is 0 Å². The van der Waals surface area contributed by atoms with Crippen molar-refractivity contribution in [1.29, 1.82) is 0 Å². The summed E-state index contributed by atoms with van der Waals surface area (Å²) >= 11 is 1.34. The molecule has 0 unspecified atom stereocenters. The molecule has 8 heteroatoms. The molecule has 1 aliphatic heterocycles. The van der Waals surface area contributed by atoms with Gasteiger partial charge in [-0.25, -0.2) is 4.39 Å². The molecule has 0 radical (unpaired) electrons. The van der Waals surface area contributed by atoms with Gasteiger partial charge >= 0.3 is 0 Å². The molecule has 168 valence electrons. The van der Waals surface area contributed by atoms with E-state index in [1.807, 2.05) is 54.6 Å². The van der Waals surface area contributed by atoms with Crippen LogP contribution in [0.3, 0.4) is 0 Å². The molecule has 0 fully saturated rings. The first-order chi connectivity index (χ1) is 16.2. The number of hydrogen-bond acceptors (Lipinski definition) is 7. The van der Waals surface area contributed by atoms with Crippen LogP contribution >= 0.6 is 11.8 Å². The van der Waals surface area contributed by atoms with Crippen molar-refractivity contribution in [3.8, 4) is 11.5 Å². The number of fused-ring (bicyclic) bond motifs is 1. The first kappa shape index (κ1) is 21.5. The smallest absolute Gasteiger partial charge is 0.276 e. The number of thioether (sulfide) groups is 1. The van der Waals surface area contributed by atoms with E-state index in [1.54, 1.807) is 7.11 Å². The van der Waals surface area contributed by atoms with Crippen molar-refractivity contribution >= 4 is 11.8 Å². The molecule has 3 aromatic carbocycles. The zero-order valence-corrected chi connectivity index (χ0v) is 18.7. The molecule has 0 saturated heterocycles.